The van der Waals surface area contributed by atoms with Crippen LogP contribution in [0, 0.1) is 17.8 Å². The summed E-state index contributed by atoms with van der Waals surface area (Å²) in [6.07, 6.45) is 3.48. The Morgan fingerprint density at radius 1 is 1.03 bits per heavy atom. The van der Waals surface area contributed by atoms with Crippen molar-refractivity contribution in [3.63, 3.8) is 0 Å². The molecule has 8 nitrogen and oxygen atoms in total. The zero-order valence-electron chi connectivity index (χ0n) is 18.8. The standard InChI is InChI=1S/C22H24F3N5O3S2/c1-34-20-27-17(21-9-12-6-13(10-21)8-14(7-12)11-21)26-18(29-20)28-19(31)30-35(32,33)16-5-3-2-4-15(16)22(23,24)25/h2-5,12-14H,6-11H2,1H3,(H2,26,27,28,29,30,31). The molecule has 0 radical (unpaired) electrons. The van der Waals surface area contributed by atoms with E-state index in [0.717, 1.165) is 37.5 Å². The van der Waals surface area contributed by atoms with Gasteiger partial charge >= 0.3 is 12.2 Å². The third kappa shape index (κ3) is 4.72. The van der Waals surface area contributed by atoms with Gasteiger partial charge in [-0.1, -0.05) is 23.9 Å². The van der Waals surface area contributed by atoms with E-state index in [1.165, 1.54) is 31.0 Å². The normalized spacial score (nSPS) is 27.6. The fourth-order valence-corrected chi connectivity index (χ4v) is 7.86. The lowest BCUT2D eigenvalue weighted by Crippen LogP contribution is -2.49. The Kier molecular flexibility index (Phi) is 5.98. The van der Waals surface area contributed by atoms with E-state index in [2.05, 4.69) is 20.3 Å². The van der Waals surface area contributed by atoms with Crippen LogP contribution in [0.2, 0.25) is 0 Å². The van der Waals surface area contributed by atoms with Crippen LogP contribution in [0.1, 0.15) is 49.9 Å². The molecular formula is C22H24F3N5O3S2. The van der Waals surface area contributed by atoms with Crippen molar-refractivity contribution in [2.24, 2.45) is 17.8 Å². The summed E-state index contributed by atoms with van der Waals surface area (Å²) in [6, 6.07) is 2.40. The number of urea groups is 1. The molecule has 188 valence electrons. The molecule has 4 saturated carbocycles. The van der Waals surface area contributed by atoms with E-state index in [1.807, 2.05) is 0 Å². The molecule has 4 aliphatic carbocycles. The first kappa shape index (κ1) is 24.3. The van der Waals surface area contributed by atoms with Crippen molar-refractivity contribution in [1.82, 2.24) is 19.7 Å². The summed E-state index contributed by atoms with van der Waals surface area (Å²) in [7, 11) is -4.81. The maximum absolute atomic E-state index is 13.3. The summed E-state index contributed by atoms with van der Waals surface area (Å²) in [5.41, 5.74) is -1.55. The summed E-state index contributed by atoms with van der Waals surface area (Å²) >= 11 is 1.27. The van der Waals surface area contributed by atoms with E-state index in [1.54, 1.807) is 11.0 Å². The molecule has 4 aliphatic rings. The first-order valence-corrected chi connectivity index (χ1v) is 14.0. The Morgan fingerprint density at radius 3 is 2.20 bits per heavy atom. The van der Waals surface area contributed by atoms with Crippen molar-refractivity contribution in [3.8, 4) is 0 Å². The van der Waals surface area contributed by atoms with Gasteiger partial charge in [-0.2, -0.15) is 23.1 Å². The van der Waals surface area contributed by atoms with Crippen LogP contribution in [0.3, 0.4) is 0 Å². The zero-order chi connectivity index (χ0) is 25.0. The number of nitrogens with zero attached hydrogens (tertiary/aromatic N) is 3. The van der Waals surface area contributed by atoms with Gasteiger partial charge in [0, 0.05) is 5.41 Å². The Morgan fingerprint density at radius 2 is 1.63 bits per heavy atom. The fourth-order valence-electron chi connectivity index (χ4n) is 6.36. The highest BCUT2D eigenvalue weighted by molar-refractivity contribution is 7.98. The van der Waals surface area contributed by atoms with Gasteiger partial charge in [0.1, 0.15) is 5.82 Å². The number of sulfonamides is 1. The number of thioether (sulfide) groups is 1. The van der Waals surface area contributed by atoms with E-state index in [0.29, 0.717) is 34.8 Å². The quantitative estimate of drug-likeness (QED) is 0.547. The third-order valence-electron chi connectivity index (χ3n) is 7.24. The second kappa shape index (κ2) is 8.61. The van der Waals surface area contributed by atoms with Crippen LogP contribution in [-0.2, 0) is 21.6 Å². The number of rotatable bonds is 5. The molecule has 4 fully saturated rings. The second-order valence-corrected chi connectivity index (χ2v) is 12.1. The minimum Gasteiger partial charge on any atom is -0.275 e. The van der Waals surface area contributed by atoms with Gasteiger partial charge in [0.25, 0.3) is 10.0 Å². The molecule has 4 bridgehead atoms. The number of hydrogen-bond donors (Lipinski definition) is 2. The molecule has 2 N–H and O–H groups in total. The van der Waals surface area contributed by atoms with Gasteiger partial charge in [0.15, 0.2) is 5.16 Å². The first-order valence-electron chi connectivity index (χ1n) is 11.3. The van der Waals surface area contributed by atoms with Gasteiger partial charge in [0.2, 0.25) is 5.95 Å². The fraction of sp³-hybridized carbons (Fsp3) is 0.545. The number of carbonyl (C=O) groups excluding carboxylic acids is 1. The summed E-state index contributed by atoms with van der Waals surface area (Å²) in [6.45, 7) is 0. The van der Waals surface area contributed by atoms with Gasteiger partial charge in [-0.25, -0.2) is 22.9 Å². The number of alkyl halides is 3. The average Bonchev–Trinajstić information content (AvgIpc) is 2.77. The summed E-state index contributed by atoms with van der Waals surface area (Å²) in [5, 5.41) is 2.67. The third-order valence-corrected chi connectivity index (χ3v) is 9.18. The van der Waals surface area contributed by atoms with Crippen LogP contribution in [0.5, 0.6) is 0 Å². The Labute approximate surface area is 205 Å². The van der Waals surface area contributed by atoms with Crippen molar-refractivity contribution in [1.29, 1.82) is 0 Å². The summed E-state index contributed by atoms with van der Waals surface area (Å²) in [4.78, 5) is 24.8. The molecule has 2 amide bonds. The van der Waals surface area contributed by atoms with E-state index in [-0.39, 0.29) is 11.4 Å². The number of anilines is 1. The molecule has 0 atom stereocenters. The average molecular weight is 528 g/mol. The number of amides is 2. The summed E-state index contributed by atoms with van der Waals surface area (Å²) < 4.78 is 66.7. The lowest BCUT2D eigenvalue weighted by molar-refractivity contribution is -0.139. The molecule has 2 aromatic rings. The van der Waals surface area contributed by atoms with Crippen molar-refractivity contribution < 1.29 is 26.4 Å². The van der Waals surface area contributed by atoms with E-state index >= 15 is 0 Å². The number of carbonyl (C=O) groups is 1. The number of hydrogen-bond acceptors (Lipinski definition) is 7. The first-order chi connectivity index (χ1) is 16.5. The molecule has 0 aliphatic heterocycles. The Hall–Kier alpha value is -2.41. The zero-order valence-corrected chi connectivity index (χ0v) is 20.4. The Bertz CT molecular complexity index is 1230. The minimum absolute atomic E-state index is 0.132. The van der Waals surface area contributed by atoms with Gasteiger partial charge in [-0.3, -0.25) is 5.32 Å². The van der Waals surface area contributed by atoms with Crippen LogP contribution in [0.15, 0.2) is 34.3 Å². The Balaban J connectivity index is 1.39. The van der Waals surface area contributed by atoms with Crippen molar-refractivity contribution in [2.45, 2.75) is 60.2 Å². The van der Waals surface area contributed by atoms with E-state index in [9.17, 15) is 26.4 Å². The predicted octanol–water partition coefficient (Wildman–Crippen LogP) is 4.59. The largest absolute Gasteiger partial charge is 0.417 e. The molecule has 6 rings (SSSR count). The second-order valence-electron chi connectivity index (χ2n) is 9.72. The van der Waals surface area contributed by atoms with E-state index < -0.39 is 32.7 Å². The lowest BCUT2D eigenvalue weighted by atomic mass is 9.49. The molecule has 13 heteroatoms. The van der Waals surface area contributed by atoms with Crippen molar-refractivity contribution in [2.75, 3.05) is 11.6 Å². The van der Waals surface area contributed by atoms with Gasteiger partial charge in [-0.15, -0.1) is 0 Å². The molecule has 0 unspecified atom stereocenters. The molecule has 0 saturated heterocycles. The summed E-state index contributed by atoms with van der Waals surface area (Å²) in [5.74, 6) is 2.36. The van der Waals surface area contributed by atoms with E-state index in [4.69, 9.17) is 0 Å². The maximum atomic E-state index is 13.3. The van der Waals surface area contributed by atoms with Crippen LogP contribution in [0.25, 0.3) is 0 Å². The number of nitrogens with one attached hydrogen (secondary N) is 2. The minimum atomic E-state index is -4.91. The molecule has 35 heavy (non-hydrogen) atoms. The van der Waals surface area contributed by atoms with Crippen molar-refractivity contribution >= 4 is 33.8 Å². The van der Waals surface area contributed by atoms with Crippen LogP contribution >= 0.6 is 11.8 Å². The van der Waals surface area contributed by atoms with Gasteiger partial charge in [-0.05, 0) is 74.7 Å². The lowest BCUT2D eigenvalue weighted by Gasteiger charge is -2.55. The highest BCUT2D eigenvalue weighted by Crippen LogP contribution is 2.60. The monoisotopic (exact) mass is 527 g/mol. The predicted molar refractivity (Wildman–Crippen MR) is 122 cm³/mol. The molecule has 1 aromatic carbocycles. The number of benzene rings is 1. The van der Waals surface area contributed by atoms with Crippen LogP contribution in [0.4, 0.5) is 23.9 Å². The molecule has 0 spiro atoms. The van der Waals surface area contributed by atoms with Crippen LogP contribution in [-0.4, -0.2) is 35.7 Å². The molecule has 1 heterocycles. The molecular weight excluding hydrogens is 503 g/mol. The van der Waals surface area contributed by atoms with Crippen LogP contribution < -0.4 is 10.0 Å². The topological polar surface area (TPSA) is 114 Å². The number of aromatic nitrogens is 3. The maximum Gasteiger partial charge on any atom is 0.417 e. The molecule has 1 aromatic heterocycles. The van der Waals surface area contributed by atoms with Gasteiger partial charge in [0.05, 0.1) is 10.5 Å². The highest BCUT2D eigenvalue weighted by Gasteiger charge is 2.53. The smallest absolute Gasteiger partial charge is 0.275 e. The highest BCUT2D eigenvalue weighted by atomic mass is 32.2. The SMILES string of the molecule is CSc1nc(NC(=O)NS(=O)(=O)c2ccccc2C(F)(F)F)nc(C23CC4CC(CC(C4)C2)C3)n1. The number of halogens is 3. The van der Waals surface area contributed by atoms with Gasteiger partial charge < -0.3 is 0 Å². The van der Waals surface area contributed by atoms with Crippen molar-refractivity contribution in [3.05, 3.63) is 35.7 Å².